The normalized spacial score (nSPS) is 10.8. The first kappa shape index (κ1) is 16.2. The molecule has 0 aliphatic rings. The number of anilines is 2. The SMILES string of the molecule is Cc1ccc(N/C=C(/C#N)C(=O)Nc2ccc(F)cc2)cc1C. The molecule has 0 heterocycles. The van der Waals surface area contributed by atoms with Crippen molar-refractivity contribution in [2.45, 2.75) is 13.8 Å². The predicted octanol–water partition coefficient (Wildman–Crippen LogP) is 3.90. The van der Waals surface area contributed by atoms with Crippen LogP contribution in [-0.2, 0) is 4.79 Å². The maximum Gasteiger partial charge on any atom is 0.267 e. The quantitative estimate of drug-likeness (QED) is 0.665. The second-order valence-electron chi connectivity index (χ2n) is 5.07. The van der Waals surface area contributed by atoms with Gasteiger partial charge in [0.15, 0.2) is 0 Å². The van der Waals surface area contributed by atoms with Gasteiger partial charge in [-0.1, -0.05) is 6.07 Å². The highest BCUT2D eigenvalue weighted by atomic mass is 19.1. The van der Waals surface area contributed by atoms with Crippen molar-refractivity contribution in [1.82, 2.24) is 0 Å². The van der Waals surface area contributed by atoms with Crippen molar-refractivity contribution in [3.05, 3.63) is 71.2 Å². The van der Waals surface area contributed by atoms with E-state index in [-0.39, 0.29) is 5.57 Å². The molecule has 0 aliphatic heterocycles. The van der Waals surface area contributed by atoms with Crippen LogP contribution in [0.1, 0.15) is 11.1 Å². The van der Waals surface area contributed by atoms with Crippen molar-refractivity contribution in [3.63, 3.8) is 0 Å². The minimum Gasteiger partial charge on any atom is -0.360 e. The van der Waals surface area contributed by atoms with E-state index in [4.69, 9.17) is 5.26 Å². The van der Waals surface area contributed by atoms with Gasteiger partial charge in [-0.3, -0.25) is 4.79 Å². The smallest absolute Gasteiger partial charge is 0.267 e. The zero-order valence-electron chi connectivity index (χ0n) is 12.9. The minimum atomic E-state index is -0.560. The van der Waals surface area contributed by atoms with Crippen LogP contribution in [0.5, 0.6) is 0 Å². The number of nitrogens with zero attached hydrogens (tertiary/aromatic N) is 1. The summed E-state index contributed by atoms with van der Waals surface area (Å²) in [4.78, 5) is 12.0. The molecule has 0 spiro atoms. The molecule has 0 saturated carbocycles. The fourth-order valence-corrected chi connectivity index (χ4v) is 1.87. The van der Waals surface area contributed by atoms with Crippen LogP contribution in [-0.4, -0.2) is 5.91 Å². The topological polar surface area (TPSA) is 64.9 Å². The van der Waals surface area contributed by atoms with Crippen LogP contribution in [0.25, 0.3) is 0 Å². The molecule has 0 aliphatic carbocycles. The molecular formula is C18H16FN3O. The maximum atomic E-state index is 12.8. The molecule has 0 saturated heterocycles. The summed E-state index contributed by atoms with van der Waals surface area (Å²) < 4.78 is 12.8. The highest BCUT2D eigenvalue weighted by Crippen LogP contribution is 2.15. The monoisotopic (exact) mass is 309 g/mol. The Kier molecular flexibility index (Phi) is 5.11. The van der Waals surface area contributed by atoms with E-state index in [1.165, 1.54) is 30.5 Å². The van der Waals surface area contributed by atoms with Gasteiger partial charge in [0.2, 0.25) is 0 Å². The van der Waals surface area contributed by atoms with Crippen molar-refractivity contribution >= 4 is 17.3 Å². The average Bonchev–Trinajstić information content (AvgIpc) is 2.53. The van der Waals surface area contributed by atoms with Crippen LogP contribution in [0.2, 0.25) is 0 Å². The van der Waals surface area contributed by atoms with Crippen molar-refractivity contribution in [1.29, 1.82) is 5.26 Å². The summed E-state index contributed by atoms with van der Waals surface area (Å²) in [6, 6.07) is 12.9. The number of aryl methyl sites for hydroxylation is 2. The summed E-state index contributed by atoms with van der Waals surface area (Å²) in [5, 5.41) is 14.6. The lowest BCUT2D eigenvalue weighted by Crippen LogP contribution is -2.14. The van der Waals surface area contributed by atoms with E-state index in [1.54, 1.807) is 0 Å². The van der Waals surface area contributed by atoms with Gasteiger partial charge in [0, 0.05) is 17.6 Å². The van der Waals surface area contributed by atoms with Gasteiger partial charge < -0.3 is 10.6 Å². The Morgan fingerprint density at radius 3 is 2.35 bits per heavy atom. The second-order valence-corrected chi connectivity index (χ2v) is 5.07. The van der Waals surface area contributed by atoms with Crippen LogP contribution in [0.3, 0.4) is 0 Å². The minimum absolute atomic E-state index is 0.0763. The standard InChI is InChI=1S/C18H16FN3O/c1-12-3-6-17(9-13(12)2)21-11-14(10-20)18(23)22-16-7-4-15(19)5-8-16/h3-9,11,21H,1-2H3,(H,22,23)/b14-11-. The van der Waals surface area contributed by atoms with Crippen LogP contribution < -0.4 is 10.6 Å². The third-order valence-corrected chi connectivity index (χ3v) is 3.36. The van der Waals surface area contributed by atoms with Crippen molar-refractivity contribution in [3.8, 4) is 6.07 Å². The van der Waals surface area contributed by atoms with Crippen LogP contribution in [0.15, 0.2) is 54.2 Å². The number of hydrogen-bond donors (Lipinski definition) is 2. The molecular weight excluding hydrogens is 293 g/mol. The van der Waals surface area contributed by atoms with Crippen molar-refractivity contribution in [2.24, 2.45) is 0 Å². The Hall–Kier alpha value is -3.13. The molecule has 0 radical (unpaired) electrons. The van der Waals surface area contributed by atoms with Crippen LogP contribution in [0, 0.1) is 31.0 Å². The molecule has 0 fully saturated rings. The lowest BCUT2D eigenvalue weighted by Gasteiger charge is -2.07. The van der Waals surface area contributed by atoms with E-state index >= 15 is 0 Å². The number of hydrogen-bond acceptors (Lipinski definition) is 3. The van der Waals surface area contributed by atoms with Gasteiger partial charge >= 0.3 is 0 Å². The van der Waals surface area contributed by atoms with Gasteiger partial charge in [0.1, 0.15) is 17.5 Å². The highest BCUT2D eigenvalue weighted by molar-refractivity contribution is 6.06. The first-order valence-electron chi connectivity index (χ1n) is 7.00. The Morgan fingerprint density at radius 2 is 1.74 bits per heavy atom. The highest BCUT2D eigenvalue weighted by Gasteiger charge is 2.09. The third-order valence-electron chi connectivity index (χ3n) is 3.36. The van der Waals surface area contributed by atoms with Gasteiger partial charge in [-0.05, 0) is 61.4 Å². The molecule has 2 aromatic rings. The molecule has 2 rings (SSSR count). The number of benzene rings is 2. The Balaban J connectivity index is 2.08. The van der Waals surface area contributed by atoms with Gasteiger partial charge in [-0.15, -0.1) is 0 Å². The summed E-state index contributed by atoms with van der Waals surface area (Å²) >= 11 is 0. The van der Waals surface area contributed by atoms with E-state index < -0.39 is 11.7 Å². The van der Waals surface area contributed by atoms with Gasteiger partial charge in [-0.25, -0.2) is 4.39 Å². The summed E-state index contributed by atoms with van der Waals surface area (Å²) in [6.45, 7) is 3.99. The molecule has 2 N–H and O–H groups in total. The molecule has 0 unspecified atom stereocenters. The molecule has 5 heteroatoms. The van der Waals surface area contributed by atoms with Crippen LogP contribution >= 0.6 is 0 Å². The number of halogens is 1. The van der Waals surface area contributed by atoms with Crippen LogP contribution in [0.4, 0.5) is 15.8 Å². The lowest BCUT2D eigenvalue weighted by molar-refractivity contribution is -0.112. The van der Waals surface area contributed by atoms with Gasteiger partial charge in [0.05, 0.1) is 0 Å². The van der Waals surface area contributed by atoms with Crippen molar-refractivity contribution < 1.29 is 9.18 Å². The summed E-state index contributed by atoms with van der Waals surface area (Å²) in [5.74, 6) is -0.953. The Morgan fingerprint density at radius 1 is 1.09 bits per heavy atom. The summed E-state index contributed by atoms with van der Waals surface area (Å²) in [6.07, 6.45) is 1.35. The number of nitrogens with one attached hydrogen (secondary N) is 2. The lowest BCUT2D eigenvalue weighted by atomic mass is 10.1. The summed E-state index contributed by atoms with van der Waals surface area (Å²) in [5.41, 5.74) is 3.40. The molecule has 0 bridgehead atoms. The third kappa shape index (κ3) is 4.42. The number of carbonyl (C=O) groups is 1. The van der Waals surface area contributed by atoms with Gasteiger partial charge in [0.25, 0.3) is 5.91 Å². The molecule has 2 aromatic carbocycles. The molecule has 4 nitrogen and oxygen atoms in total. The van der Waals surface area contributed by atoms with E-state index in [9.17, 15) is 9.18 Å². The molecule has 116 valence electrons. The molecule has 0 atom stereocenters. The number of nitriles is 1. The average molecular weight is 309 g/mol. The molecule has 0 aromatic heterocycles. The number of rotatable bonds is 4. The van der Waals surface area contributed by atoms with Crippen molar-refractivity contribution in [2.75, 3.05) is 10.6 Å². The zero-order chi connectivity index (χ0) is 16.8. The van der Waals surface area contributed by atoms with E-state index in [1.807, 2.05) is 38.1 Å². The zero-order valence-corrected chi connectivity index (χ0v) is 12.9. The van der Waals surface area contributed by atoms with Gasteiger partial charge in [-0.2, -0.15) is 5.26 Å². The van der Waals surface area contributed by atoms with E-state index in [0.717, 1.165) is 16.8 Å². The Bertz CT molecular complexity index is 789. The molecule has 1 amide bonds. The first-order valence-corrected chi connectivity index (χ1v) is 7.00. The Labute approximate surface area is 134 Å². The van der Waals surface area contributed by atoms with E-state index in [0.29, 0.717) is 5.69 Å². The largest absolute Gasteiger partial charge is 0.360 e. The fraction of sp³-hybridized carbons (Fsp3) is 0.111. The fourth-order valence-electron chi connectivity index (χ4n) is 1.87. The number of carbonyl (C=O) groups excluding carboxylic acids is 1. The second kappa shape index (κ2) is 7.23. The maximum absolute atomic E-state index is 12.8. The molecule has 23 heavy (non-hydrogen) atoms. The predicted molar refractivity (Wildman–Crippen MR) is 88.3 cm³/mol. The number of amides is 1. The first-order chi connectivity index (χ1) is 11.0. The van der Waals surface area contributed by atoms with E-state index in [2.05, 4.69) is 10.6 Å². The summed E-state index contributed by atoms with van der Waals surface area (Å²) in [7, 11) is 0.